The third-order valence-electron chi connectivity index (χ3n) is 2.07. The highest BCUT2D eigenvalue weighted by molar-refractivity contribution is 5.90. The second-order valence-corrected chi connectivity index (χ2v) is 3.34. The zero-order valence-corrected chi connectivity index (χ0v) is 8.68. The summed E-state index contributed by atoms with van der Waals surface area (Å²) >= 11 is 0. The fraction of sp³-hybridized carbons (Fsp3) is 0.600. The number of ketones is 1. The van der Waals surface area contributed by atoms with Crippen LogP contribution in [-0.2, 0) is 4.79 Å². The van der Waals surface area contributed by atoms with Crippen molar-refractivity contribution in [2.45, 2.75) is 26.2 Å². The lowest BCUT2D eigenvalue weighted by Gasteiger charge is -2.07. The second kappa shape index (κ2) is 7.12. The van der Waals surface area contributed by atoms with Crippen LogP contribution in [0.3, 0.4) is 0 Å². The van der Waals surface area contributed by atoms with Gasteiger partial charge in [0.2, 0.25) is 0 Å². The monoisotopic (exact) mass is 197 g/mol. The third kappa shape index (κ3) is 6.22. The van der Waals surface area contributed by atoms with Crippen molar-refractivity contribution in [3.8, 4) is 0 Å². The molecule has 0 aromatic heterocycles. The Kier molecular flexibility index (Phi) is 6.45. The Labute approximate surface area is 85.1 Å². The molecule has 0 heterocycles. The van der Waals surface area contributed by atoms with Crippen LogP contribution in [0.2, 0.25) is 0 Å². The Morgan fingerprint density at radius 3 is 2.79 bits per heavy atom. The van der Waals surface area contributed by atoms with Crippen LogP contribution in [0.5, 0.6) is 0 Å². The van der Waals surface area contributed by atoms with Gasteiger partial charge in [0, 0.05) is 12.5 Å². The molecule has 0 radical (unpaired) electrons. The minimum Gasteiger partial charge on any atom is -0.370 e. The number of hydrogen-bond donors (Lipinski definition) is 3. The van der Waals surface area contributed by atoms with Crippen LogP contribution in [0.4, 0.5) is 0 Å². The van der Waals surface area contributed by atoms with Gasteiger partial charge < -0.3 is 11.1 Å². The molecule has 0 aromatic rings. The molecule has 0 saturated carbocycles. The van der Waals surface area contributed by atoms with Crippen molar-refractivity contribution in [3.05, 3.63) is 12.7 Å². The van der Waals surface area contributed by atoms with E-state index in [9.17, 15) is 4.79 Å². The lowest BCUT2D eigenvalue weighted by atomic mass is 9.99. The Morgan fingerprint density at radius 2 is 2.29 bits per heavy atom. The third-order valence-corrected chi connectivity index (χ3v) is 2.07. The summed E-state index contributed by atoms with van der Waals surface area (Å²) in [5, 5.41) is 9.63. The van der Waals surface area contributed by atoms with E-state index in [0.29, 0.717) is 6.54 Å². The van der Waals surface area contributed by atoms with E-state index in [1.54, 1.807) is 0 Å². The van der Waals surface area contributed by atoms with Crippen LogP contribution in [0.1, 0.15) is 26.2 Å². The minimum absolute atomic E-state index is 0.000200. The van der Waals surface area contributed by atoms with Gasteiger partial charge in [0.1, 0.15) is 0 Å². The molecule has 0 saturated heterocycles. The molecule has 0 aromatic carbocycles. The number of nitrogens with two attached hydrogens (primary N) is 1. The molecule has 0 fully saturated rings. The first-order chi connectivity index (χ1) is 6.57. The average molecular weight is 197 g/mol. The first kappa shape index (κ1) is 12.7. The van der Waals surface area contributed by atoms with Crippen molar-refractivity contribution in [2.24, 2.45) is 11.7 Å². The van der Waals surface area contributed by atoms with Crippen LogP contribution < -0.4 is 11.1 Å². The van der Waals surface area contributed by atoms with Gasteiger partial charge in [-0.1, -0.05) is 19.9 Å². The van der Waals surface area contributed by atoms with Crippen LogP contribution in [0.25, 0.3) is 0 Å². The fourth-order valence-corrected chi connectivity index (χ4v) is 1.14. The predicted octanol–water partition coefficient (Wildman–Crippen LogP) is 1.03. The van der Waals surface area contributed by atoms with E-state index in [4.69, 9.17) is 11.1 Å². The zero-order chi connectivity index (χ0) is 11.0. The number of unbranched alkanes of at least 4 members (excludes halogenated alkanes) is 1. The standard InChI is InChI=1S/C10H19N3O/c1-3-9(14)8(2)6-4-5-7-13-10(11)12/h3,8H,1,4-7H2,2H3,(H4,11,12,13). The van der Waals surface area contributed by atoms with Gasteiger partial charge >= 0.3 is 0 Å². The summed E-state index contributed by atoms with van der Waals surface area (Å²) in [7, 11) is 0. The number of nitrogens with one attached hydrogen (secondary N) is 2. The van der Waals surface area contributed by atoms with Gasteiger partial charge in [-0.2, -0.15) is 0 Å². The first-order valence-electron chi connectivity index (χ1n) is 4.82. The molecule has 0 spiro atoms. The largest absolute Gasteiger partial charge is 0.370 e. The smallest absolute Gasteiger partial charge is 0.185 e. The number of hydrogen-bond acceptors (Lipinski definition) is 2. The van der Waals surface area contributed by atoms with Crippen molar-refractivity contribution in [1.82, 2.24) is 5.32 Å². The lowest BCUT2D eigenvalue weighted by Crippen LogP contribution is -2.30. The maximum absolute atomic E-state index is 11.1. The molecule has 0 amide bonds. The van der Waals surface area contributed by atoms with Crippen molar-refractivity contribution in [3.63, 3.8) is 0 Å². The fourth-order valence-electron chi connectivity index (χ4n) is 1.14. The van der Waals surface area contributed by atoms with E-state index < -0.39 is 0 Å². The van der Waals surface area contributed by atoms with Gasteiger partial charge in [-0.15, -0.1) is 0 Å². The number of rotatable bonds is 7. The van der Waals surface area contributed by atoms with Gasteiger partial charge in [-0.05, 0) is 18.9 Å². The van der Waals surface area contributed by atoms with Crippen molar-refractivity contribution < 1.29 is 4.79 Å². The highest BCUT2D eigenvalue weighted by Crippen LogP contribution is 2.08. The normalized spacial score (nSPS) is 11.8. The topological polar surface area (TPSA) is 79.0 Å². The summed E-state index contributed by atoms with van der Waals surface area (Å²) < 4.78 is 0. The zero-order valence-electron chi connectivity index (χ0n) is 8.68. The average Bonchev–Trinajstić information content (AvgIpc) is 2.15. The number of allylic oxidation sites excluding steroid dienone is 1. The highest BCUT2D eigenvalue weighted by atomic mass is 16.1. The van der Waals surface area contributed by atoms with Crippen LogP contribution >= 0.6 is 0 Å². The van der Waals surface area contributed by atoms with Gasteiger partial charge in [0.25, 0.3) is 0 Å². The number of carbonyl (C=O) groups is 1. The summed E-state index contributed by atoms with van der Waals surface area (Å²) in [5.74, 6) is 0.162. The van der Waals surface area contributed by atoms with Crippen molar-refractivity contribution in [2.75, 3.05) is 6.54 Å². The van der Waals surface area contributed by atoms with Gasteiger partial charge in [-0.25, -0.2) is 0 Å². The number of guanidine groups is 1. The minimum atomic E-state index is 0.000200. The summed E-state index contributed by atoms with van der Waals surface area (Å²) in [4.78, 5) is 11.1. The van der Waals surface area contributed by atoms with Gasteiger partial charge in [0.05, 0.1) is 0 Å². The highest BCUT2D eigenvalue weighted by Gasteiger charge is 2.07. The molecular formula is C10H19N3O. The lowest BCUT2D eigenvalue weighted by molar-refractivity contribution is -0.117. The molecule has 0 aliphatic rings. The van der Waals surface area contributed by atoms with Crippen LogP contribution in [0.15, 0.2) is 12.7 Å². The van der Waals surface area contributed by atoms with Gasteiger partial charge in [0.15, 0.2) is 11.7 Å². The number of carbonyl (C=O) groups excluding carboxylic acids is 1. The van der Waals surface area contributed by atoms with E-state index in [2.05, 4.69) is 11.9 Å². The van der Waals surface area contributed by atoms with Crippen LogP contribution in [-0.4, -0.2) is 18.3 Å². The quantitative estimate of drug-likeness (QED) is 0.247. The molecule has 4 nitrogen and oxygen atoms in total. The van der Waals surface area contributed by atoms with E-state index in [1.807, 2.05) is 6.92 Å². The second-order valence-electron chi connectivity index (χ2n) is 3.34. The Balaban J connectivity index is 3.40. The molecule has 1 atom stereocenters. The SMILES string of the molecule is C=CC(=O)C(C)CCCCNC(=N)N. The maximum atomic E-state index is 11.1. The van der Waals surface area contributed by atoms with Crippen LogP contribution in [0, 0.1) is 11.3 Å². The molecule has 0 aliphatic heterocycles. The molecule has 0 rings (SSSR count). The Hall–Kier alpha value is -1.32. The molecule has 4 heteroatoms. The van der Waals surface area contributed by atoms with E-state index in [-0.39, 0.29) is 17.7 Å². The Morgan fingerprint density at radius 1 is 1.64 bits per heavy atom. The van der Waals surface area contributed by atoms with Crippen molar-refractivity contribution >= 4 is 11.7 Å². The molecular weight excluding hydrogens is 178 g/mol. The summed E-state index contributed by atoms with van der Waals surface area (Å²) in [5.41, 5.74) is 5.11. The van der Waals surface area contributed by atoms with E-state index in [1.165, 1.54) is 6.08 Å². The maximum Gasteiger partial charge on any atom is 0.185 e. The summed E-state index contributed by atoms with van der Waals surface area (Å²) in [6.45, 7) is 6.05. The molecule has 1 unspecified atom stereocenters. The van der Waals surface area contributed by atoms with Gasteiger partial charge in [-0.3, -0.25) is 10.2 Å². The molecule has 0 aliphatic carbocycles. The molecule has 80 valence electrons. The summed E-state index contributed by atoms with van der Waals surface area (Å²) in [6, 6.07) is 0. The predicted molar refractivity (Wildman–Crippen MR) is 58.1 cm³/mol. The van der Waals surface area contributed by atoms with E-state index in [0.717, 1.165) is 19.3 Å². The molecule has 4 N–H and O–H groups in total. The van der Waals surface area contributed by atoms with E-state index >= 15 is 0 Å². The first-order valence-corrected chi connectivity index (χ1v) is 4.82. The Bertz CT molecular complexity index is 213. The summed E-state index contributed by atoms with van der Waals surface area (Å²) in [6.07, 6.45) is 4.12. The van der Waals surface area contributed by atoms with Crippen molar-refractivity contribution in [1.29, 1.82) is 5.41 Å². The molecule has 0 bridgehead atoms. The molecule has 14 heavy (non-hydrogen) atoms.